The van der Waals surface area contributed by atoms with E-state index in [1.807, 2.05) is 60.8 Å². The first-order valence-electron chi connectivity index (χ1n) is 16.9. The van der Waals surface area contributed by atoms with E-state index in [9.17, 15) is 0 Å². The van der Waals surface area contributed by atoms with Crippen molar-refractivity contribution in [2.24, 2.45) is 0 Å². The smallest absolute Gasteiger partial charge is 0.160 e. The molecule has 4 heteroatoms. The highest BCUT2D eigenvalue weighted by atomic mass is 16.5. The van der Waals surface area contributed by atoms with Crippen molar-refractivity contribution in [1.29, 1.82) is 0 Å². The van der Waals surface area contributed by atoms with Gasteiger partial charge in [-0.05, 0) is 52.6 Å². The lowest BCUT2D eigenvalue weighted by Crippen LogP contribution is -2.32. The molecule has 0 radical (unpaired) electrons. The molecule has 10 rings (SSSR count). The molecule has 234 valence electrons. The predicted molar refractivity (Wildman–Crippen MR) is 199 cm³/mol. The Bertz CT molecular complexity index is 2460. The molecular weight excluding hydrogens is 611 g/mol. The molecular formula is C46H29N3O. The van der Waals surface area contributed by atoms with Crippen molar-refractivity contribution in [1.82, 2.24) is 15.0 Å². The summed E-state index contributed by atoms with van der Waals surface area (Å²) in [5.41, 5.74) is 13.2. The summed E-state index contributed by atoms with van der Waals surface area (Å²) in [6, 6.07) is 59.1. The number of benzene rings is 6. The predicted octanol–water partition coefficient (Wildman–Crippen LogP) is 11.0. The minimum atomic E-state index is -0.518. The number of aromatic nitrogens is 3. The molecule has 0 bridgehead atoms. The van der Waals surface area contributed by atoms with Crippen molar-refractivity contribution < 1.29 is 4.74 Å². The summed E-state index contributed by atoms with van der Waals surface area (Å²) in [5, 5.41) is 0. The Hall–Kier alpha value is -6.65. The van der Waals surface area contributed by atoms with E-state index >= 15 is 0 Å². The second kappa shape index (κ2) is 11.2. The van der Waals surface area contributed by atoms with Crippen LogP contribution < -0.4 is 4.74 Å². The van der Waals surface area contributed by atoms with Gasteiger partial charge in [-0.1, -0.05) is 140 Å². The van der Waals surface area contributed by atoms with E-state index < -0.39 is 5.41 Å². The van der Waals surface area contributed by atoms with Crippen LogP contribution >= 0.6 is 0 Å². The van der Waals surface area contributed by atoms with Crippen LogP contribution in [-0.2, 0) is 5.41 Å². The number of hydrogen-bond donors (Lipinski definition) is 0. The van der Waals surface area contributed by atoms with Crippen molar-refractivity contribution in [3.63, 3.8) is 0 Å². The SMILES string of the molecule is c1ccc(-c2cc(-c3ccc(-c4cccc5c4Oc4ccccc4C54c5ccccc5-c5ccccc54)nc3)nc(-c3ccccc3)n2)cc1. The zero-order valence-electron chi connectivity index (χ0n) is 27.0. The highest BCUT2D eigenvalue weighted by molar-refractivity contribution is 5.90. The number of ether oxygens (including phenoxy) is 1. The van der Waals surface area contributed by atoms with Crippen LogP contribution in [-0.4, -0.2) is 15.0 Å². The Morgan fingerprint density at radius 1 is 0.400 bits per heavy atom. The summed E-state index contributed by atoms with van der Waals surface area (Å²) in [6.07, 6.45) is 1.91. The quantitative estimate of drug-likeness (QED) is 0.192. The van der Waals surface area contributed by atoms with Crippen molar-refractivity contribution in [2.45, 2.75) is 5.41 Å². The van der Waals surface area contributed by atoms with E-state index in [1.54, 1.807) is 0 Å². The van der Waals surface area contributed by atoms with Gasteiger partial charge < -0.3 is 4.74 Å². The van der Waals surface area contributed by atoms with Crippen LogP contribution in [0.15, 0.2) is 176 Å². The molecule has 1 spiro atoms. The number of rotatable bonds is 4. The number of pyridine rings is 1. The molecule has 0 saturated carbocycles. The molecule has 4 nitrogen and oxygen atoms in total. The number of para-hydroxylation sites is 2. The third-order valence-corrected chi connectivity index (χ3v) is 10.0. The summed E-state index contributed by atoms with van der Waals surface area (Å²) in [7, 11) is 0. The largest absolute Gasteiger partial charge is 0.456 e. The van der Waals surface area contributed by atoms with Crippen molar-refractivity contribution >= 4 is 0 Å². The molecule has 2 aromatic heterocycles. The number of hydrogen-bond acceptors (Lipinski definition) is 4. The second-order valence-electron chi connectivity index (χ2n) is 12.7. The van der Waals surface area contributed by atoms with E-state index in [2.05, 4.69) is 115 Å². The van der Waals surface area contributed by atoms with E-state index in [0.29, 0.717) is 5.82 Å². The van der Waals surface area contributed by atoms with Crippen molar-refractivity contribution in [2.75, 3.05) is 0 Å². The Labute approximate surface area is 290 Å². The normalized spacial score (nSPS) is 13.1. The highest BCUT2D eigenvalue weighted by Crippen LogP contribution is 2.63. The average Bonchev–Trinajstić information content (AvgIpc) is 3.49. The molecule has 3 heterocycles. The molecule has 0 saturated heterocycles. The lowest BCUT2D eigenvalue weighted by molar-refractivity contribution is 0.438. The van der Waals surface area contributed by atoms with E-state index in [0.717, 1.165) is 62.0 Å². The second-order valence-corrected chi connectivity index (χ2v) is 12.7. The van der Waals surface area contributed by atoms with Gasteiger partial charge in [-0.3, -0.25) is 4.98 Å². The standard InChI is InChI=1S/C46H29N3O/c1-3-14-30(15-4-1)41-28-42(49-45(48-41)31-16-5-2-6-17-31)32-26-27-40(47-29-32)35-20-13-24-39-44(35)50-43-25-12-11-23-38(43)46(39)36-21-9-7-18-33(36)34-19-8-10-22-37(34)46/h1-29H. The molecule has 1 aliphatic carbocycles. The van der Waals surface area contributed by atoms with Crippen LogP contribution in [0.25, 0.3) is 56.3 Å². The molecule has 0 unspecified atom stereocenters. The van der Waals surface area contributed by atoms with Gasteiger partial charge in [-0.25, -0.2) is 9.97 Å². The first-order valence-corrected chi connectivity index (χ1v) is 16.9. The molecule has 1 aliphatic heterocycles. The average molecular weight is 640 g/mol. The number of nitrogens with zero attached hydrogens (tertiary/aromatic N) is 3. The third kappa shape index (κ3) is 4.22. The van der Waals surface area contributed by atoms with E-state index in [-0.39, 0.29) is 0 Å². The third-order valence-electron chi connectivity index (χ3n) is 10.0. The van der Waals surface area contributed by atoms with Crippen LogP contribution in [0, 0.1) is 0 Å². The molecule has 8 aromatic rings. The topological polar surface area (TPSA) is 47.9 Å². The molecule has 6 aromatic carbocycles. The summed E-state index contributed by atoms with van der Waals surface area (Å²) in [4.78, 5) is 15.0. The summed E-state index contributed by atoms with van der Waals surface area (Å²) in [5.74, 6) is 2.37. The molecule has 0 fully saturated rings. The van der Waals surface area contributed by atoms with Gasteiger partial charge in [0.05, 0.1) is 22.5 Å². The molecule has 50 heavy (non-hydrogen) atoms. The zero-order chi connectivity index (χ0) is 33.1. The fourth-order valence-corrected chi connectivity index (χ4v) is 7.85. The highest BCUT2D eigenvalue weighted by Gasteiger charge is 2.51. The lowest BCUT2D eigenvalue weighted by Gasteiger charge is -2.40. The fraction of sp³-hybridized carbons (Fsp3) is 0.0217. The van der Waals surface area contributed by atoms with Crippen molar-refractivity contribution in [3.05, 3.63) is 198 Å². The van der Waals surface area contributed by atoms with Crippen molar-refractivity contribution in [3.8, 4) is 67.8 Å². The van der Waals surface area contributed by atoms with Gasteiger partial charge in [0.15, 0.2) is 5.82 Å². The Morgan fingerprint density at radius 3 is 1.64 bits per heavy atom. The van der Waals surface area contributed by atoms with Gasteiger partial charge >= 0.3 is 0 Å². The summed E-state index contributed by atoms with van der Waals surface area (Å²) < 4.78 is 6.86. The van der Waals surface area contributed by atoms with Crippen LogP contribution in [0.1, 0.15) is 22.3 Å². The molecule has 2 aliphatic rings. The summed E-state index contributed by atoms with van der Waals surface area (Å²) >= 11 is 0. The van der Waals surface area contributed by atoms with Gasteiger partial charge in [0, 0.05) is 39.6 Å². The van der Waals surface area contributed by atoms with Gasteiger partial charge in [-0.2, -0.15) is 0 Å². The first-order chi connectivity index (χ1) is 24.8. The maximum atomic E-state index is 6.86. The van der Waals surface area contributed by atoms with E-state index in [1.165, 1.54) is 22.3 Å². The maximum Gasteiger partial charge on any atom is 0.160 e. The Kier molecular flexibility index (Phi) is 6.36. The van der Waals surface area contributed by atoms with Crippen LogP contribution in [0.4, 0.5) is 0 Å². The van der Waals surface area contributed by atoms with Crippen LogP contribution in [0.3, 0.4) is 0 Å². The summed E-state index contributed by atoms with van der Waals surface area (Å²) in [6.45, 7) is 0. The monoisotopic (exact) mass is 639 g/mol. The van der Waals surface area contributed by atoms with Gasteiger partial charge in [0.25, 0.3) is 0 Å². The first kappa shape index (κ1) is 28.4. The Morgan fingerprint density at radius 2 is 0.960 bits per heavy atom. The minimum absolute atomic E-state index is 0.518. The fourth-order valence-electron chi connectivity index (χ4n) is 7.85. The maximum absolute atomic E-state index is 6.86. The van der Waals surface area contributed by atoms with Crippen LogP contribution in [0.2, 0.25) is 0 Å². The number of fused-ring (bicyclic) bond motifs is 9. The molecule has 0 atom stereocenters. The minimum Gasteiger partial charge on any atom is -0.456 e. The Balaban J connectivity index is 1.13. The lowest BCUT2D eigenvalue weighted by atomic mass is 9.65. The van der Waals surface area contributed by atoms with Gasteiger partial charge in [0.1, 0.15) is 11.5 Å². The molecule has 0 N–H and O–H groups in total. The van der Waals surface area contributed by atoms with Crippen LogP contribution in [0.5, 0.6) is 11.5 Å². The zero-order valence-corrected chi connectivity index (χ0v) is 27.0. The van der Waals surface area contributed by atoms with Gasteiger partial charge in [-0.15, -0.1) is 0 Å². The van der Waals surface area contributed by atoms with E-state index in [4.69, 9.17) is 19.7 Å². The van der Waals surface area contributed by atoms with Gasteiger partial charge in [0.2, 0.25) is 0 Å². The molecule has 0 amide bonds.